The van der Waals surface area contributed by atoms with Gasteiger partial charge < -0.3 is 15.4 Å². The van der Waals surface area contributed by atoms with E-state index in [0.29, 0.717) is 10.8 Å². The molecule has 2 aromatic carbocycles. The van der Waals surface area contributed by atoms with Gasteiger partial charge in [0.25, 0.3) is 0 Å². The van der Waals surface area contributed by atoms with Gasteiger partial charge >= 0.3 is 6.03 Å². The van der Waals surface area contributed by atoms with Gasteiger partial charge in [0.1, 0.15) is 17.4 Å². The highest BCUT2D eigenvalue weighted by Crippen LogP contribution is 2.27. The third-order valence-electron chi connectivity index (χ3n) is 2.53. The van der Waals surface area contributed by atoms with Crippen LogP contribution in [0.25, 0.3) is 0 Å². The largest absolute Gasteiger partial charge is 0.472 e. The number of halogens is 4. The van der Waals surface area contributed by atoms with Crippen LogP contribution >= 0.6 is 23.2 Å². The lowest BCUT2D eigenvalue weighted by atomic mass is 10.3. The molecular weight excluding hydrogens is 337 g/mol. The van der Waals surface area contributed by atoms with Crippen LogP contribution in [0.1, 0.15) is 0 Å². The number of anilines is 1. The molecule has 2 N–H and O–H groups in total. The first-order valence-corrected chi connectivity index (χ1v) is 6.79. The topological polar surface area (TPSA) is 50.4 Å². The van der Waals surface area contributed by atoms with Crippen molar-refractivity contribution in [1.29, 1.82) is 0 Å². The molecule has 0 saturated carbocycles. The Labute approximate surface area is 135 Å². The van der Waals surface area contributed by atoms with Crippen molar-refractivity contribution in [1.82, 2.24) is 5.32 Å². The van der Waals surface area contributed by atoms with Crippen LogP contribution < -0.4 is 15.4 Å². The molecule has 0 spiro atoms. The molecule has 0 heterocycles. The van der Waals surface area contributed by atoms with E-state index < -0.39 is 17.7 Å². The lowest BCUT2D eigenvalue weighted by Crippen LogP contribution is -2.32. The summed E-state index contributed by atoms with van der Waals surface area (Å²) in [6.45, 7) is -0.218. The van der Waals surface area contributed by atoms with Crippen molar-refractivity contribution in [2.75, 3.05) is 12.0 Å². The van der Waals surface area contributed by atoms with E-state index in [0.717, 1.165) is 18.2 Å². The van der Waals surface area contributed by atoms with Gasteiger partial charge in [0, 0.05) is 11.1 Å². The van der Waals surface area contributed by atoms with Crippen molar-refractivity contribution in [2.24, 2.45) is 0 Å². The average Bonchev–Trinajstić information content (AvgIpc) is 2.45. The Morgan fingerprint density at radius 2 is 1.91 bits per heavy atom. The van der Waals surface area contributed by atoms with Gasteiger partial charge in [-0.2, -0.15) is 0 Å². The van der Waals surface area contributed by atoms with E-state index in [2.05, 4.69) is 10.6 Å². The summed E-state index contributed by atoms with van der Waals surface area (Å²) in [6, 6.07) is 6.57. The number of hydrogen-bond acceptors (Lipinski definition) is 2. The Bertz CT molecular complexity index is 699. The predicted molar refractivity (Wildman–Crippen MR) is 80.5 cm³/mol. The second-order valence-electron chi connectivity index (χ2n) is 4.12. The van der Waals surface area contributed by atoms with Gasteiger partial charge in [-0.05, 0) is 30.3 Å². The molecule has 0 aliphatic rings. The number of rotatable bonds is 4. The first-order chi connectivity index (χ1) is 10.5. The Morgan fingerprint density at radius 3 is 2.64 bits per heavy atom. The summed E-state index contributed by atoms with van der Waals surface area (Å²) in [7, 11) is 0. The lowest BCUT2D eigenvalue weighted by Gasteiger charge is -2.11. The molecule has 0 unspecified atom stereocenters. The molecule has 0 aromatic heterocycles. The summed E-state index contributed by atoms with van der Waals surface area (Å²) in [4.78, 5) is 11.6. The number of benzene rings is 2. The van der Waals surface area contributed by atoms with Crippen molar-refractivity contribution in [3.05, 3.63) is 58.1 Å². The molecule has 0 fully saturated rings. The standard InChI is InChI=1S/C14H10Cl2F2N2O2/c15-8-1-4-13(10(16)5-8)22-7-19-14(21)20-12-6-9(17)2-3-11(12)18/h1-6H,7H2,(H2,19,20,21). The van der Waals surface area contributed by atoms with Crippen molar-refractivity contribution in [2.45, 2.75) is 0 Å². The third kappa shape index (κ3) is 4.47. The molecule has 0 atom stereocenters. The fraction of sp³-hybridized carbons (Fsp3) is 0.0714. The first-order valence-electron chi connectivity index (χ1n) is 6.03. The molecule has 0 saturated heterocycles. The molecule has 22 heavy (non-hydrogen) atoms. The summed E-state index contributed by atoms with van der Waals surface area (Å²) in [5.74, 6) is -1.09. The first kappa shape index (κ1) is 16.3. The van der Waals surface area contributed by atoms with Gasteiger partial charge in [-0.25, -0.2) is 13.6 Å². The van der Waals surface area contributed by atoms with Crippen molar-refractivity contribution < 1.29 is 18.3 Å². The van der Waals surface area contributed by atoms with Crippen molar-refractivity contribution >= 4 is 34.9 Å². The maximum atomic E-state index is 13.3. The van der Waals surface area contributed by atoms with Gasteiger partial charge in [-0.3, -0.25) is 0 Å². The summed E-state index contributed by atoms with van der Waals surface area (Å²) >= 11 is 11.6. The highest BCUT2D eigenvalue weighted by Gasteiger charge is 2.08. The minimum atomic E-state index is -0.755. The van der Waals surface area contributed by atoms with E-state index in [9.17, 15) is 13.6 Å². The van der Waals surface area contributed by atoms with Crippen LogP contribution in [0.2, 0.25) is 10.0 Å². The SMILES string of the molecule is O=C(NCOc1ccc(Cl)cc1Cl)Nc1cc(F)ccc1F. The minimum absolute atomic E-state index is 0.218. The highest BCUT2D eigenvalue weighted by molar-refractivity contribution is 6.35. The quantitative estimate of drug-likeness (QED) is 0.804. The fourth-order valence-corrected chi connectivity index (χ4v) is 1.99. The smallest absolute Gasteiger partial charge is 0.321 e. The number of hydrogen-bond donors (Lipinski definition) is 2. The number of carbonyl (C=O) groups excluding carboxylic acids is 1. The minimum Gasteiger partial charge on any atom is -0.472 e. The number of ether oxygens (including phenoxy) is 1. The molecule has 0 bridgehead atoms. The Kier molecular flexibility index (Phi) is 5.41. The number of carbonyl (C=O) groups is 1. The Morgan fingerprint density at radius 1 is 1.14 bits per heavy atom. The highest BCUT2D eigenvalue weighted by atomic mass is 35.5. The molecule has 4 nitrogen and oxygen atoms in total. The zero-order valence-electron chi connectivity index (χ0n) is 11.0. The molecule has 0 aliphatic carbocycles. The van der Waals surface area contributed by atoms with E-state index >= 15 is 0 Å². The summed E-state index contributed by atoms with van der Waals surface area (Å²) in [5.41, 5.74) is -0.276. The number of nitrogens with one attached hydrogen (secondary N) is 2. The molecule has 8 heteroatoms. The van der Waals surface area contributed by atoms with Crippen LogP contribution in [0.4, 0.5) is 19.3 Å². The van der Waals surface area contributed by atoms with Crippen molar-refractivity contribution in [3.63, 3.8) is 0 Å². The fourth-order valence-electron chi connectivity index (χ4n) is 1.53. The second-order valence-corrected chi connectivity index (χ2v) is 4.96. The van der Waals surface area contributed by atoms with E-state index in [-0.39, 0.29) is 17.4 Å². The van der Waals surface area contributed by atoms with Gasteiger partial charge in [0.2, 0.25) is 0 Å². The van der Waals surface area contributed by atoms with E-state index in [1.54, 1.807) is 6.07 Å². The Hall–Kier alpha value is -2.05. The molecular formula is C14H10Cl2F2N2O2. The van der Waals surface area contributed by atoms with E-state index in [1.807, 2.05) is 0 Å². The predicted octanol–water partition coefficient (Wildman–Crippen LogP) is 4.43. The maximum Gasteiger partial charge on any atom is 0.321 e. The summed E-state index contributed by atoms with van der Waals surface area (Å²) < 4.78 is 31.5. The van der Waals surface area contributed by atoms with Gasteiger partial charge in [0.05, 0.1) is 10.7 Å². The molecule has 116 valence electrons. The zero-order chi connectivity index (χ0) is 16.1. The molecule has 0 aliphatic heterocycles. The molecule has 2 amide bonds. The summed E-state index contributed by atoms with van der Waals surface area (Å²) in [5, 5.41) is 5.21. The molecule has 2 aromatic rings. The van der Waals surface area contributed by atoms with Crippen LogP contribution in [-0.4, -0.2) is 12.8 Å². The average molecular weight is 347 g/mol. The number of amides is 2. The van der Waals surface area contributed by atoms with E-state index in [4.69, 9.17) is 27.9 Å². The maximum absolute atomic E-state index is 13.3. The van der Waals surface area contributed by atoms with Gasteiger partial charge in [0.15, 0.2) is 6.73 Å². The van der Waals surface area contributed by atoms with Crippen LogP contribution in [0, 0.1) is 11.6 Å². The van der Waals surface area contributed by atoms with Crippen LogP contribution in [0.15, 0.2) is 36.4 Å². The third-order valence-corrected chi connectivity index (χ3v) is 3.06. The number of urea groups is 1. The van der Waals surface area contributed by atoms with Gasteiger partial charge in [-0.1, -0.05) is 23.2 Å². The van der Waals surface area contributed by atoms with Crippen LogP contribution in [-0.2, 0) is 0 Å². The molecule has 2 rings (SSSR count). The summed E-state index contributed by atoms with van der Waals surface area (Å²) in [6.07, 6.45) is 0. The zero-order valence-corrected chi connectivity index (χ0v) is 12.5. The second kappa shape index (κ2) is 7.29. The normalized spacial score (nSPS) is 10.2. The van der Waals surface area contributed by atoms with Crippen LogP contribution in [0.3, 0.4) is 0 Å². The van der Waals surface area contributed by atoms with Crippen LogP contribution in [0.5, 0.6) is 5.75 Å². The lowest BCUT2D eigenvalue weighted by molar-refractivity contribution is 0.234. The van der Waals surface area contributed by atoms with E-state index in [1.165, 1.54) is 12.1 Å². The monoisotopic (exact) mass is 346 g/mol. The Balaban J connectivity index is 1.86. The molecule has 0 radical (unpaired) electrons. The van der Waals surface area contributed by atoms with Gasteiger partial charge in [-0.15, -0.1) is 0 Å². The van der Waals surface area contributed by atoms with Crippen molar-refractivity contribution in [3.8, 4) is 5.75 Å².